The third kappa shape index (κ3) is 5.19. The molecule has 4 rings (SSSR count). The van der Waals surface area contributed by atoms with Crippen LogP contribution < -0.4 is 29.1 Å². The second-order valence-electron chi connectivity index (χ2n) is 8.08. The minimum absolute atomic E-state index is 0.224. The van der Waals surface area contributed by atoms with E-state index in [4.69, 9.17) is 18.9 Å². The Kier molecular flexibility index (Phi) is 7.58. The monoisotopic (exact) mass is 522 g/mol. The minimum Gasteiger partial charge on any atom is -0.494 e. The standard InChI is InChI=1S/C27H26N2O7S/c1-6-35-19-10-7-17(8-11-19)13-22-25(31)29-24(23(26(32)34-5)15(2)28-27(29)37-22)18-9-12-20(36-16(3)30)21(14-18)33-4/h7-14,24H,6H2,1-5H3/b22-13+/t24-/m1/s1. The zero-order valence-electron chi connectivity index (χ0n) is 21.1. The fourth-order valence-corrected chi connectivity index (χ4v) is 5.13. The Morgan fingerprint density at radius 1 is 1.11 bits per heavy atom. The van der Waals surface area contributed by atoms with Gasteiger partial charge < -0.3 is 18.9 Å². The van der Waals surface area contributed by atoms with Crippen molar-refractivity contribution in [2.24, 2.45) is 4.99 Å². The molecular weight excluding hydrogens is 496 g/mol. The molecule has 10 heteroatoms. The molecule has 0 saturated carbocycles. The number of nitrogens with zero attached hydrogens (tertiary/aromatic N) is 2. The Bertz CT molecular complexity index is 1570. The van der Waals surface area contributed by atoms with Crippen molar-refractivity contribution < 1.29 is 28.5 Å². The third-order valence-corrected chi connectivity index (χ3v) is 6.66. The molecule has 0 bridgehead atoms. The Labute approximate surface area is 216 Å². The van der Waals surface area contributed by atoms with Crippen LogP contribution in [0, 0.1) is 0 Å². The van der Waals surface area contributed by atoms with Gasteiger partial charge in [0.2, 0.25) is 0 Å². The number of hydrogen-bond acceptors (Lipinski definition) is 9. The molecule has 1 aliphatic rings. The van der Waals surface area contributed by atoms with Gasteiger partial charge in [-0.3, -0.25) is 14.2 Å². The Morgan fingerprint density at radius 3 is 2.46 bits per heavy atom. The fraction of sp³-hybridized carbons (Fsp3) is 0.259. The highest BCUT2D eigenvalue weighted by molar-refractivity contribution is 7.07. The van der Waals surface area contributed by atoms with Crippen LogP contribution in [0.25, 0.3) is 6.08 Å². The summed E-state index contributed by atoms with van der Waals surface area (Å²) in [4.78, 5) is 43.0. The Morgan fingerprint density at radius 2 is 1.84 bits per heavy atom. The summed E-state index contributed by atoms with van der Waals surface area (Å²) in [5.74, 6) is 0.144. The highest BCUT2D eigenvalue weighted by Gasteiger charge is 2.33. The molecule has 9 nitrogen and oxygen atoms in total. The molecule has 0 spiro atoms. The normalized spacial score (nSPS) is 15.1. The van der Waals surface area contributed by atoms with Gasteiger partial charge in [-0.05, 0) is 55.3 Å². The van der Waals surface area contributed by atoms with Crippen molar-refractivity contribution in [3.8, 4) is 17.2 Å². The van der Waals surface area contributed by atoms with Gasteiger partial charge in [-0.2, -0.15) is 0 Å². The smallest absolute Gasteiger partial charge is 0.338 e. The average Bonchev–Trinajstić information content (AvgIpc) is 3.18. The second kappa shape index (κ2) is 10.8. The van der Waals surface area contributed by atoms with E-state index in [2.05, 4.69) is 4.99 Å². The largest absolute Gasteiger partial charge is 0.494 e. The maximum atomic E-state index is 13.7. The molecule has 0 aliphatic carbocycles. The predicted octanol–water partition coefficient (Wildman–Crippen LogP) is 2.74. The average molecular weight is 523 g/mol. The lowest BCUT2D eigenvalue weighted by molar-refractivity contribution is -0.136. The van der Waals surface area contributed by atoms with Crippen LogP contribution in [0.1, 0.15) is 37.9 Å². The molecule has 0 unspecified atom stereocenters. The maximum absolute atomic E-state index is 13.7. The van der Waals surface area contributed by atoms with Crippen molar-refractivity contribution in [3.05, 3.63) is 84.5 Å². The van der Waals surface area contributed by atoms with Crippen LogP contribution in [0.4, 0.5) is 0 Å². The van der Waals surface area contributed by atoms with Crippen molar-refractivity contribution in [2.75, 3.05) is 20.8 Å². The van der Waals surface area contributed by atoms with E-state index in [1.54, 1.807) is 31.2 Å². The molecule has 2 aromatic carbocycles. The first-order valence-electron chi connectivity index (χ1n) is 11.5. The number of carbonyl (C=O) groups is 2. The number of thiazole rings is 1. The third-order valence-electron chi connectivity index (χ3n) is 5.67. The van der Waals surface area contributed by atoms with E-state index in [0.29, 0.717) is 27.2 Å². The van der Waals surface area contributed by atoms with E-state index < -0.39 is 18.0 Å². The molecule has 2 heterocycles. The highest BCUT2D eigenvalue weighted by atomic mass is 32.1. The van der Waals surface area contributed by atoms with Gasteiger partial charge in [0.1, 0.15) is 5.75 Å². The van der Waals surface area contributed by atoms with E-state index in [1.807, 2.05) is 31.2 Å². The van der Waals surface area contributed by atoms with Gasteiger partial charge in [-0.15, -0.1) is 0 Å². The van der Waals surface area contributed by atoms with Gasteiger partial charge in [-0.1, -0.05) is 29.5 Å². The van der Waals surface area contributed by atoms with Crippen molar-refractivity contribution in [3.63, 3.8) is 0 Å². The fourth-order valence-electron chi connectivity index (χ4n) is 4.08. The molecule has 192 valence electrons. The first-order chi connectivity index (χ1) is 17.8. The molecule has 0 amide bonds. The first-order valence-corrected chi connectivity index (χ1v) is 12.3. The van der Waals surface area contributed by atoms with Crippen molar-refractivity contribution in [1.29, 1.82) is 0 Å². The van der Waals surface area contributed by atoms with Crippen molar-refractivity contribution in [1.82, 2.24) is 4.57 Å². The topological polar surface area (TPSA) is 105 Å². The molecule has 1 aliphatic heterocycles. The Hall–Kier alpha value is -4.18. The zero-order chi connectivity index (χ0) is 26.7. The number of benzene rings is 2. The van der Waals surface area contributed by atoms with Gasteiger partial charge >= 0.3 is 11.9 Å². The van der Waals surface area contributed by atoms with Crippen LogP contribution in [0.5, 0.6) is 17.2 Å². The summed E-state index contributed by atoms with van der Waals surface area (Å²) in [5, 5.41) is 0. The quantitative estimate of drug-likeness (QED) is 0.347. The van der Waals surface area contributed by atoms with Crippen LogP contribution in [0.15, 0.2) is 63.5 Å². The molecule has 0 radical (unpaired) electrons. The van der Waals surface area contributed by atoms with Gasteiger partial charge in [0.15, 0.2) is 16.3 Å². The van der Waals surface area contributed by atoms with Crippen LogP contribution in [-0.2, 0) is 14.3 Å². The van der Waals surface area contributed by atoms with E-state index in [1.165, 1.54) is 37.0 Å². The number of aromatic nitrogens is 1. The maximum Gasteiger partial charge on any atom is 0.338 e. The number of methoxy groups -OCH3 is 2. The number of rotatable bonds is 7. The number of fused-ring (bicyclic) bond motifs is 1. The summed E-state index contributed by atoms with van der Waals surface area (Å²) >= 11 is 1.23. The van der Waals surface area contributed by atoms with Crippen molar-refractivity contribution in [2.45, 2.75) is 26.8 Å². The van der Waals surface area contributed by atoms with Gasteiger partial charge in [0.05, 0.1) is 42.7 Å². The molecule has 0 fully saturated rings. The molecule has 3 aromatic rings. The molecule has 0 N–H and O–H groups in total. The highest BCUT2D eigenvalue weighted by Crippen LogP contribution is 2.36. The lowest BCUT2D eigenvalue weighted by Crippen LogP contribution is -2.39. The van der Waals surface area contributed by atoms with Crippen LogP contribution in [0.3, 0.4) is 0 Å². The van der Waals surface area contributed by atoms with Crippen LogP contribution >= 0.6 is 11.3 Å². The molecule has 1 atom stereocenters. The lowest BCUT2D eigenvalue weighted by atomic mass is 9.95. The summed E-state index contributed by atoms with van der Waals surface area (Å²) < 4.78 is 23.1. The SMILES string of the molecule is CCOc1ccc(/C=c2/sc3n(c2=O)[C@H](c2ccc(OC(C)=O)c(OC)c2)C(C(=O)OC)=C(C)N=3)cc1. The number of esters is 2. The van der Waals surface area contributed by atoms with Gasteiger partial charge in [0.25, 0.3) is 5.56 Å². The van der Waals surface area contributed by atoms with E-state index in [-0.39, 0.29) is 22.6 Å². The van der Waals surface area contributed by atoms with E-state index in [9.17, 15) is 14.4 Å². The van der Waals surface area contributed by atoms with Gasteiger partial charge in [0, 0.05) is 6.92 Å². The molecule has 37 heavy (non-hydrogen) atoms. The van der Waals surface area contributed by atoms with Gasteiger partial charge in [-0.25, -0.2) is 9.79 Å². The first kappa shape index (κ1) is 25.9. The lowest BCUT2D eigenvalue weighted by Gasteiger charge is -2.25. The summed E-state index contributed by atoms with van der Waals surface area (Å²) in [6, 6.07) is 11.5. The van der Waals surface area contributed by atoms with Crippen LogP contribution in [0.2, 0.25) is 0 Å². The number of ether oxygens (including phenoxy) is 4. The number of hydrogen-bond donors (Lipinski definition) is 0. The molecule has 1 aromatic heterocycles. The number of allylic oxidation sites excluding steroid dienone is 1. The summed E-state index contributed by atoms with van der Waals surface area (Å²) in [6.07, 6.45) is 1.78. The van der Waals surface area contributed by atoms with Crippen molar-refractivity contribution >= 4 is 29.4 Å². The summed E-state index contributed by atoms with van der Waals surface area (Å²) in [6.45, 7) is 5.46. The Balaban J connectivity index is 1.90. The van der Waals surface area contributed by atoms with Crippen LogP contribution in [-0.4, -0.2) is 37.3 Å². The van der Waals surface area contributed by atoms with E-state index in [0.717, 1.165) is 11.3 Å². The molecular formula is C27H26N2O7S. The second-order valence-corrected chi connectivity index (χ2v) is 9.09. The zero-order valence-corrected chi connectivity index (χ0v) is 21.9. The predicted molar refractivity (Wildman–Crippen MR) is 138 cm³/mol. The summed E-state index contributed by atoms with van der Waals surface area (Å²) in [5.41, 5.74) is 1.75. The number of carbonyl (C=O) groups excluding carboxylic acids is 2. The summed E-state index contributed by atoms with van der Waals surface area (Å²) in [7, 11) is 2.72. The minimum atomic E-state index is -0.827. The molecule has 0 saturated heterocycles. The van der Waals surface area contributed by atoms with E-state index >= 15 is 0 Å².